The Morgan fingerprint density at radius 1 is 1.09 bits per heavy atom. The summed E-state index contributed by atoms with van der Waals surface area (Å²) >= 11 is 0. The van der Waals surface area contributed by atoms with Gasteiger partial charge in [-0.1, -0.05) is 6.07 Å². The number of fused-ring (bicyclic) bond motifs is 1. The van der Waals surface area contributed by atoms with E-state index in [0.29, 0.717) is 10.8 Å². The molecule has 2 aromatic heterocycles. The molecular weight excluding hydrogens is 456 g/mol. The third kappa shape index (κ3) is 4.35. The number of amidine groups is 1. The first-order chi connectivity index (χ1) is 15.5. The van der Waals surface area contributed by atoms with E-state index in [1.165, 1.54) is 30.5 Å². The lowest BCUT2D eigenvalue weighted by atomic mass is 10.1. The van der Waals surface area contributed by atoms with Crippen LogP contribution in [-0.4, -0.2) is 38.4 Å². The quantitative estimate of drug-likeness (QED) is 0.402. The van der Waals surface area contributed by atoms with Crippen molar-refractivity contribution in [2.75, 3.05) is 6.54 Å². The number of dihydropyridines is 1. The SMILES string of the molecule is O=c1[nH]ccc2c(-n3ncc(C(O)NC4=NCCC(C(F)(F)F)=C4)c3C(F)(F)F)cccc12. The number of pyridine rings is 1. The number of aromatic nitrogens is 3. The topological polar surface area (TPSA) is 95.3 Å². The highest BCUT2D eigenvalue weighted by atomic mass is 19.4. The number of aliphatic imine (C=N–C) groups is 1. The zero-order valence-electron chi connectivity index (χ0n) is 16.5. The molecule has 1 atom stereocenters. The summed E-state index contributed by atoms with van der Waals surface area (Å²) in [6, 6.07) is 5.53. The second-order valence-electron chi connectivity index (χ2n) is 7.13. The van der Waals surface area contributed by atoms with Gasteiger partial charge >= 0.3 is 12.4 Å². The largest absolute Gasteiger partial charge is 0.433 e. The monoisotopic (exact) mass is 471 g/mol. The zero-order chi connectivity index (χ0) is 24.0. The number of nitrogens with one attached hydrogen (secondary N) is 2. The summed E-state index contributed by atoms with van der Waals surface area (Å²) in [6.07, 6.45) is -9.39. The fourth-order valence-corrected chi connectivity index (χ4v) is 3.53. The average Bonchev–Trinajstić information content (AvgIpc) is 3.19. The molecule has 0 saturated carbocycles. The number of hydrogen-bond acceptors (Lipinski definition) is 5. The van der Waals surface area contributed by atoms with Crippen molar-refractivity contribution in [1.29, 1.82) is 0 Å². The molecule has 0 aliphatic carbocycles. The summed E-state index contributed by atoms with van der Waals surface area (Å²) in [7, 11) is 0. The van der Waals surface area contributed by atoms with Gasteiger partial charge in [-0.15, -0.1) is 0 Å². The van der Waals surface area contributed by atoms with Crippen LogP contribution in [0.1, 0.15) is 23.9 Å². The van der Waals surface area contributed by atoms with E-state index in [-0.39, 0.29) is 29.4 Å². The molecule has 0 spiro atoms. The number of benzene rings is 1. The van der Waals surface area contributed by atoms with Crippen molar-refractivity contribution in [3.63, 3.8) is 0 Å². The Labute approximate surface area is 181 Å². The Kier molecular flexibility index (Phi) is 5.52. The van der Waals surface area contributed by atoms with Gasteiger partial charge in [0.05, 0.1) is 17.4 Å². The predicted octanol–water partition coefficient (Wildman–Crippen LogP) is 3.60. The Balaban J connectivity index is 1.77. The Bertz CT molecular complexity index is 1320. The molecule has 4 rings (SSSR count). The molecule has 0 radical (unpaired) electrons. The number of nitrogens with zero attached hydrogens (tertiary/aromatic N) is 3. The van der Waals surface area contributed by atoms with Crippen LogP contribution in [0.4, 0.5) is 26.3 Å². The number of aliphatic hydroxyl groups is 1. The third-order valence-electron chi connectivity index (χ3n) is 5.00. The summed E-state index contributed by atoms with van der Waals surface area (Å²) in [5.74, 6) is -0.404. The summed E-state index contributed by atoms with van der Waals surface area (Å²) < 4.78 is 81.4. The number of halogens is 6. The number of aliphatic hydroxyl groups excluding tert-OH is 1. The van der Waals surface area contributed by atoms with Crippen LogP contribution in [0.15, 0.2) is 58.1 Å². The molecule has 1 aromatic carbocycles. The van der Waals surface area contributed by atoms with Crippen molar-refractivity contribution in [3.8, 4) is 5.69 Å². The molecule has 0 fully saturated rings. The number of hydrogen-bond donors (Lipinski definition) is 3. The van der Waals surface area contributed by atoms with E-state index in [1.807, 2.05) is 0 Å². The zero-order valence-corrected chi connectivity index (χ0v) is 16.5. The molecule has 33 heavy (non-hydrogen) atoms. The van der Waals surface area contributed by atoms with Gasteiger partial charge in [-0.3, -0.25) is 9.79 Å². The minimum absolute atomic E-state index is 0.0707. The Morgan fingerprint density at radius 3 is 2.55 bits per heavy atom. The van der Waals surface area contributed by atoms with E-state index in [4.69, 9.17) is 0 Å². The van der Waals surface area contributed by atoms with Crippen molar-refractivity contribution in [1.82, 2.24) is 20.1 Å². The molecule has 1 unspecified atom stereocenters. The maximum absolute atomic E-state index is 14.0. The third-order valence-corrected chi connectivity index (χ3v) is 5.00. The van der Waals surface area contributed by atoms with Gasteiger partial charge in [0, 0.05) is 29.1 Å². The van der Waals surface area contributed by atoms with Crippen LogP contribution in [0.5, 0.6) is 0 Å². The maximum atomic E-state index is 14.0. The van der Waals surface area contributed by atoms with Crippen LogP contribution >= 0.6 is 0 Å². The molecule has 1 aliphatic rings. The summed E-state index contributed by atoms with van der Waals surface area (Å²) in [6.45, 7) is -0.240. The van der Waals surface area contributed by atoms with Gasteiger partial charge in [-0.25, -0.2) is 4.68 Å². The van der Waals surface area contributed by atoms with Gasteiger partial charge in [0.15, 0.2) is 11.9 Å². The molecule has 3 aromatic rings. The van der Waals surface area contributed by atoms with E-state index in [1.54, 1.807) is 0 Å². The fraction of sp³-hybridized carbons (Fsp3) is 0.250. The van der Waals surface area contributed by atoms with Crippen LogP contribution in [-0.2, 0) is 6.18 Å². The van der Waals surface area contributed by atoms with Crippen LogP contribution in [0.25, 0.3) is 16.5 Å². The number of aromatic amines is 1. The first kappa shape index (κ1) is 22.6. The first-order valence-electron chi connectivity index (χ1n) is 9.49. The standard InChI is InChI=1S/C20H15F6N5O2/c21-19(22,23)10-4-6-27-15(8-10)30-18(33)13-9-29-31(16(13)20(24,25)26)14-3-1-2-12-11(14)5-7-28-17(12)32/h1-3,5,7-9,18,33H,4,6H2,(H,27,30)(H,28,32). The summed E-state index contributed by atoms with van der Waals surface area (Å²) in [5, 5.41) is 16.6. The van der Waals surface area contributed by atoms with E-state index in [0.717, 1.165) is 6.20 Å². The van der Waals surface area contributed by atoms with Gasteiger partial charge < -0.3 is 15.4 Å². The second kappa shape index (κ2) is 8.06. The molecule has 13 heteroatoms. The average molecular weight is 471 g/mol. The lowest BCUT2D eigenvalue weighted by Gasteiger charge is -2.21. The molecule has 7 nitrogen and oxygen atoms in total. The van der Waals surface area contributed by atoms with Crippen molar-refractivity contribution in [2.45, 2.75) is 25.0 Å². The van der Waals surface area contributed by atoms with Crippen molar-refractivity contribution in [3.05, 3.63) is 69.9 Å². The highest BCUT2D eigenvalue weighted by Crippen LogP contribution is 2.37. The minimum atomic E-state index is -5.00. The first-order valence-corrected chi connectivity index (χ1v) is 9.49. The predicted molar refractivity (Wildman–Crippen MR) is 106 cm³/mol. The van der Waals surface area contributed by atoms with Crippen LogP contribution in [0.3, 0.4) is 0 Å². The molecule has 174 valence electrons. The number of alkyl halides is 6. The van der Waals surface area contributed by atoms with Crippen molar-refractivity contribution in [2.24, 2.45) is 4.99 Å². The summed E-state index contributed by atoms with van der Waals surface area (Å²) in [4.78, 5) is 18.2. The van der Waals surface area contributed by atoms with Gasteiger partial charge in [-0.2, -0.15) is 31.4 Å². The van der Waals surface area contributed by atoms with E-state index in [9.17, 15) is 36.2 Å². The Hall–Kier alpha value is -3.61. The minimum Gasteiger partial charge on any atom is -0.369 e. The molecule has 3 N–H and O–H groups in total. The Morgan fingerprint density at radius 2 is 1.85 bits per heavy atom. The van der Waals surface area contributed by atoms with Gasteiger partial charge in [0.2, 0.25) is 0 Å². The van der Waals surface area contributed by atoms with Gasteiger partial charge in [0.25, 0.3) is 5.56 Å². The highest BCUT2D eigenvalue weighted by molar-refractivity contribution is 5.94. The lowest BCUT2D eigenvalue weighted by Crippen LogP contribution is -2.32. The highest BCUT2D eigenvalue weighted by Gasteiger charge is 2.41. The van der Waals surface area contributed by atoms with Crippen molar-refractivity contribution < 1.29 is 31.4 Å². The normalized spacial score (nSPS) is 15.8. The van der Waals surface area contributed by atoms with Crippen LogP contribution in [0.2, 0.25) is 0 Å². The fourth-order valence-electron chi connectivity index (χ4n) is 3.53. The van der Waals surface area contributed by atoms with E-state index >= 15 is 0 Å². The van der Waals surface area contributed by atoms with E-state index in [2.05, 4.69) is 20.4 Å². The molecule has 3 heterocycles. The molecule has 0 bridgehead atoms. The van der Waals surface area contributed by atoms with Gasteiger partial charge in [-0.05, 0) is 30.7 Å². The number of rotatable bonds is 3. The number of H-pyrrole nitrogens is 1. The molecular formula is C20H15F6N5O2. The molecule has 0 amide bonds. The molecule has 1 aliphatic heterocycles. The maximum Gasteiger partial charge on any atom is 0.433 e. The van der Waals surface area contributed by atoms with Crippen LogP contribution < -0.4 is 10.9 Å². The van der Waals surface area contributed by atoms with Crippen molar-refractivity contribution >= 4 is 16.6 Å². The van der Waals surface area contributed by atoms with Crippen LogP contribution in [0, 0.1) is 0 Å². The van der Waals surface area contributed by atoms with E-state index < -0.39 is 46.8 Å². The second-order valence-corrected chi connectivity index (χ2v) is 7.13. The summed E-state index contributed by atoms with van der Waals surface area (Å²) in [5.41, 5.74) is -3.58. The smallest absolute Gasteiger partial charge is 0.369 e. The lowest BCUT2D eigenvalue weighted by molar-refractivity contribution is -0.144. The molecule has 0 saturated heterocycles. The van der Waals surface area contributed by atoms with Gasteiger partial charge in [0.1, 0.15) is 5.84 Å².